The topological polar surface area (TPSA) is 87.8 Å². The van der Waals surface area contributed by atoms with E-state index in [4.69, 9.17) is 5.26 Å². The molecule has 6 nitrogen and oxygen atoms in total. The summed E-state index contributed by atoms with van der Waals surface area (Å²) in [7, 11) is -3.72. The summed E-state index contributed by atoms with van der Waals surface area (Å²) in [6.07, 6.45) is 2.86. The van der Waals surface area contributed by atoms with Crippen LogP contribution in [0.1, 0.15) is 20.8 Å². The molecule has 16 heavy (non-hydrogen) atoms. The summed E-state index contributed by atoms with van der Waals surface area (Å²) in [5.41, 5.74) is -1.14. The Labute approximate surface area is 95.0 Å². The zero-order valence-corrected chi connectivity index (χ0v) is 10.2. The Morgan fingerprint density at radius 1 is 1.62 bits per heavy atom. The maximum atomic E-state index is 11.8. The average Bonchev–Trinajstić information content (AvgIpc) is 2.65. The fraction of sp³-hybridized carbons (Fsp3) is 0.556. The predicted molar refractivity (Wildman–Crippen MR) is 57.9 cm³/mol. The molecule has 0 saturated heterocycles. The van der Waals surface area contributed by atoms with E-state index in [-0.39, 0.29) is 5.03 Å². The number of nitrogens with one attached hydrogen (secondary N) is 1. The van der Waals surface area contributed by atoms with Crippen LogP contribution in [0.2, 0.25) is 0 Å². The van der Waals surface area contributed by atoms with E-state index in [1.54, 1.807) is 4.57 Å². The third-order valence-corrected chi connectivity index (χ3v) is 3.46. The molecular formula is C9H14N4O2S. The average molecular weight is 242 g/mol. The van der Waals surface area contributed by atoms with E-state index in [0.29, 0.717) is 6.54 Å². The van der Waals surface area contributed by atoms with Crippen molar-refractivity contribution in [2.45, 2.75) is 37.9 Å². The van der Waals surface area contributed by atoms with Gasteiger partial charge in [0.15, 0.2) is 5.03 Å². The molecule has 0 atom stereocenters. The standard InChI is InChI=1S/C9H14N4O2S/c1-4-13-5-8(11-7-13)16(14,15)12-9(2,3)6-10/h5,7,12H,4H2,1-3H3. The maximum Gasteiger partial charge on any atom is 0.260 e. The number of aryl methyl sites for hydroxylation is 1. The van der Waals surface area contributed by atoms with Crippen LogP contribution < -0.4 is 4.72 Å². The van der Waals surface area contributed by atoms with Gasteiger partial charge in [-0.05, 0) is 20.8 Å². The Balaban J connectivity index is 3.00. The summed E-state index contributed by atoms with van der Waals surface area (Å²) in [6, 6.07) is 1.86. The maximum absolute atomic E-state index is 11.8. The first-order chi connectivity index (χ1) is 7.30. The largest absolute Gasteiger partial charge is 0.336 e. The number of hydrogen-bond donors (Lipinski definition) is 1. The third-order valence-electron chi connectivity index (χ3n) is 1.92. The van der Waals surface area contributed by atoms with E-state index >= 15 is 0 Å². The molecular weight excluding hydrogens is 228 g/mol. The van der Waals surface area contributed by atoms with Crippen LogP contribution in [-0.2, 0) is 16.6 Å². The molecule has 0 spiro atoms. The highest BCUT2D eigenvalue weighted by Gasteiger charge is 2.27. The van der Waals surface area contributed by atoms with Gasteiger partial charge in [-0.2, -0.15) is 9.98 Å². The number of imidazole rings is 1. The molecule has 0 fully saturated rings. The van der Waals surface area contributed by atoms with Crippen LogP contribution in [-0.4, -0.2) is 23.5 Å². The number of sulfonamides is 1. The summed E-state index contributed by atoms with van der Waals surface area (Å²) in [6.45, 7) is 5.50. The van der Waals surface area contributed by atoms with Crippen LogP contribution in [0.25, 0.3) is 0 Å². The van der Waals surface area contributed by atoms with Crippen molar-refractivity contribution in [3.63, 3.8) is 0 Å². The van der Waals surface area contributed by atoms with E-state index in [0.717, 1.165) is 0 Å². The molecule has 1 rings (SSSR count). The molecule has 0 amide bonds. The summed E-state index contributed by atoms with van der Waals surface area (Å²) >= 11 is 0. The SMILES string of the molecule is CCn1cnc(S(=O)(=O)NC(C)(C)C#N)c1. The Morgan fingerprint density at radius 3 is 2.69 bits per heavy atom. The normalized spacial score (nSPS) is 12.4. The highest BCUT2D eigenvalue weighted by Crippen LogP contribution is 2.10. The monoisotopic (exact) mass is 242 g/mol. The zero-order valence-electron chi connectivity index (χ0n) is 9.43. The quantitative estimate of drug-likeness (QED) is 0.832. The Morgan fingerprint density at radius 2 is 2.25 bits per heavy atom. The first-order valence-corrected chi connectivity index (χ1v) is 6.26. The molecule has 0 aliphatic heterocycles. The number of aromatic nitrogens is 2. The van der Waals surface area contributed by atoms with Crippen molar-refractivity contribution >= 4 is 10.0 Å². The summed E-state index contributed by atoms with van der Waals surface area (Å²) in [5.74, 6) is 0. The second-order valence-corrected chi connectivity index (χ2v) is 5.51. The van der Waals surface area contributed by atoms with Crippen molar-refractivity contribution < 1.29 is 8.42 Å². The second kappa shape index (κ2) is 4.23. The molecule has 0 unspecified atom stereocenters. The van der Waals surface area contributed by atoms with Gasteiger partial charge in [0.2, 0.25) is 0 Å². The van der Waals surface area contributed by atoms with Gasteiger partial charge < -0.3 is 4.57 Å². The van der Waals surface area contributed by atoms with Gasteiger partial charge >= 0.3 is 0 Å². The van der Waals surface area contributed by atoms with E-state index in [9.17, 15) is 8.42 Å². The molecule has 88 valence electrons. The Bertz CT molecular complexity index is 510. The van der Waals surface area contributed by atoms with Crippen molar-refractivity contribution in [2.75, 3.05) is 0 Å². The highest BCUT2D eigenvalue weighted by atomic mass is 32.2. The fourth-order valence-corrected chi connectivity index (χ4v) is 2.34. The van der Waals surface area contributed by atoms with Crippen molar-refractivity contribution in [3.05, 3.63) is 12.5 Å². The van der Waals surface area contributed by atoms with E-state index < -0.39 is 15.6 Å². The van der Waals surface area contributed by atoms with Gasteiger partial charge in [0.25, 0.3) is 10.0 Å². The number of nitrogens with zero attached hydrogens (tertiary/aromatic N) is 3. The van der Waals surface area contributed by atoms with Crippen LogP contribution in [0.3, 0.4) is 0 Å². The minimum Gasteiger partial charge on any atom is -0.336 e. The lowest BCUT2D eigenvalue weighted by atomic mass is 10.1. The molecule has 0 radical (unpaired) electrons. The lowest BCUT2D eigenvalue weighted by Gasteiger charge is -2.15. The Hall–Kier alpha value is -1.39. The molecule has 1 heterocycles. The first-order valence-electron chi connectivity index (χ1n) is 4.78. The zero-order chi connectivity index (χ0) is 12.4. The van der Waals surface area contributed by atoms with Crippen LogP contribution in [0.15, 0.2) is 17.6 Å². The van der Waals surface area contributed by atoms with Crippen LogP contribution in [0.5, 0.6) is 0 Å². The van der Waals surface area contributed by atoms with Crippen molar-refractivity contribution in [2.24, 2.45) is 0 Å². The van der Waals surface area contributed by atoms with Gasteiger partial charge in [-0.1, -0.05) is 0 Å². The molecule has 1 aromatic heterocycles. The molecule has 1 aromatic rings. The summed E-state index contributed by atoms with van der Waals surface area (Å²) in [5, 5.41) is 8.68. The van der Waals surface area contributed by atoms with Gasteiger partial charge in [0.05, 0.1) is 12.4 Å². The Kier molecular flexibility index (Phi) is 3.35. The molecule has 7 heteroatoms. The van der Waals surface area contributed by atoms with Gasteiger partial charge in [-0.25, -0.2) is 13.4 Å². The first kappa shape index (κ1) is 12.7. The van der Waals surface area contributed by atoms with Gasteiger partial charge in [-0.15, -0.1) is 0 Å². The second-order valence-electron chi connectivity index (χ2n) is 3.88. The van der Waals surface area contributed by atoms with Gasteiger partial charge in [0.1, 0.15) is 5.54 Å². The van der Waals surface area contributed by atoms with Crippen LogP contribution in [0, 0.1) is 11.3 Å². The lowest BCUT2D eigenvalue weighted by molar-refractivity contribution is 0.533. The molecule has 0 saturated carbocycles. The number of rotatable bonds is 4. The van der Waals surface area contributed by atoms with Crippen molar-refractivity contribution in [1.82, 2.24) is 14.3 Å². The molecule has 0 aromatic carbocycles. The minimum absolute atomic E-state index is 0.0716. The van der Waals surface area contributed by atoms with E-state index in [1.807, 2.05) is 13.0 Å². The molecule has 0 aliphatic rings. The van der Waals surface area contributed by atoms with Gasteiger partial charge in [-0.3, -0.25) is 0 Å². The van der Waals surface area contributed by atoms with Crippen LogP contribution in [0.4, 0.5) is 0 Å². The third kappa shape index (κ3) is 2.81. The molecule has 1 N–H and O–H groups in total. The summed E-state index contributed by atoms with van der Waals surface area (Å²) < 4.78 is 27.5. The van der Waals surface area contributed by atoms with Crippen LogP contribution >= 0.6 is 0 Å². The molecule has 0 aliphatic carbocycles. The smallest absolute Gasteiger partial charge is 0.260 e. The summed E-state index contributed by atoms with van der Waals surface area (Å²) in [4.78, 5) is 3.78. The van der Waals surface area contributed by atoms with E-state index in [1.165, 1.54) is 26.4 Å². The van der Waals surface area contributed by atoms with E-state index in [2.05, 4.69) is 9.71 Å². The number of hydrogen-bond acceptors (Lipinski definition) is 4. The van der Waals surface area contributed by atoms with Crippen molar-refractivity contribution in [1.29, 1.82) is 5.26 Å². The molecule has 0 bridgehead atoms. The fourth-order valence-electron chi connectivity index (χ4n) is 1.06. The minimum atomic E-state index is -3.72. The van der Waals surface area contributed by atoms with Gasteiger partial charge in [0, 0.05) is 12.7 Å². The number of nitriles is 1. The van der Waals surface area contributed by atoms with Crippen molar-refractivity contribution in [3.8, 4) is 6.07 Å². The highest BCUT2D eigenvalue weighted by molar-refractivity contribution is 7.89. The predicted octanol–water partition coefficient (Wildman–Crippen LogP) is 0.483. The lowest BCUT2D eigenvalue weighted by Crippen LogP contribution is -2.42.